The van der Waals surface area contributed by atoms with Crippen LogP contribution in [0.3, 0.4) is 0 Å². The smallest absolute Gasteiger partial charge is 0.408 e. The van der Waals surface area contributed by atoms with Gasteiger partial charge in [-0.2, -0.15) is 0 Å². The number of alkyl carbamates (subject to hydrolysis) is 1. The molecule has 17 heavy (non-hydrogen) atoms. The third kappa shape index (κ3) is 4.64. The van der Waals surface area contributed by atoms with Gasteiger partial charge < -0.3 is 15.2 Å². The summed E-state index contributed by atoms with van der Waals surface area (Å²) in [6.45, 7) is 3.41. The van der Waals surface area contributed by atoms with E-state index >= 15 is 0 Å². The lowest BCUT2D eigenvalue weighted by molar-refractivity contribution is -0.139. The number of aliphatic carboxylic acids is 1. The van der Waals surface area contributed by atoms with Crippen molar-refractivity contribution in [2.24, 2.45) is 0 Å². The van der Waals surface area contributed by atoms with Crippen LogP contribution in [0.4, 0.5) is 4.79 Å². The predicted molar refractivity (Wildman–Crippen MR) is 61.9 cm³/mol. The normalized spacial score (nSPS) is 11.5. The Morgan fingerprint density at radius 1 is 1.71 bits per heavy atom. The number of rotatable bonds is 6. The van der Waals surface area contributed by atoms with Gasteiger partial charge in [0.1, 0.15) is 12.6 Å². The van der Waals surface area contributed by atoms with E-state index in [1.165, 1.54) is 17.4 Å². The zero-order valence-corrected chi connectivity index (χ0v) is 9.77. The number of carboxylic acid groups (broad SMARTS) is 1. The third-order valence-corrected chi connectivity index (χ3v) is 2.45. The Morgan fingerprint density at radius 2 is 2.47 bits per heavy atom. The SMILES string of the molecule is C=CCOC(=O)NC(Cc1cscn1)C(=O)O. The summed E-state index contributed by atoms with van der Waals surface area (Å²) in [5, 5.41) is 12.9. The number of nitrogens with one attached hydrogen (secondary N) is 1. The highest BCUT2D eigenvalue weighted by Crippen LogP contribution is 2.05. The van der Waals surface area contributed by atoms with Crippen molar-refractivity contribution in [3.63, 3.8) is 0 Å². The summed E-state index contributed by atoms with van der Waals surface area (Å²) in [6, 6.07) is -1.05. The summed E-state index contributed by atoms with van der Waals surface area (Å²) in [4.78, 5) is 26.1. The fourth-order valence-corrected chi connectivity index (χ4v) is 1.64. The van der Waals surface area contributed by atoms with Crippen molar-refractivity contribution in [3.8, 4) is 0 Å². The highest BCUT2D eigenvalue weighted by atomic mass is 32.1. The van der Waals surface area contributed by atoms with Gasteiger partial charge in [-0.3, -0.25) is 0 Å². The first-order chi connectivity index (χ1) is 8.13. The molecular formula is C10H12N2O4S. The Kier molecular flexibility index (Phi) is 5.15. The molecule has 0 aliphatic heterocycles. The Bertz CT molecular complexity index is 391. The lowest BCUT2D eigenvalue weighted by Gasteiger charge is -2.12. The Morgan fingerprint density at radius 3 is 3.00 bits per heavy atom. The van der Waals surface area contributed by atoms with E-state index in [4.69, 9.17) is 5.11 Å². The molecule has 1 atom stereocenters. The second-order valence-electron chi connectivity index (χ2n) is 3.11. The lowest BCUT2D eigenvalue weighted by atomic mass is 10.2. The van der Waals surface area contributed by atoms with E-state index in [-0.39, 0.29) is 13.0 Å². The average molecular weight is 256 g/mol. The summed E-state index contributed by atoms with van der Waals surface area (Å²) in [5.41, 5.74) is 2.22. The highest BCUT2D eigenvalue weighted by molar-refractivity contribution is 7.07. The van der Waals surface area contributed by atoms with Crippen molar-refractivity contribution in [2.75, 3.05) is 6.61 Å². The van der Waals surface area contributed by atoms with Crippen LogP contribution in [0.5, 0.6) is 0 Å². The van der Waals surface area contributed by atoms with Crippen molar-refractivity contribution >= 4 is 23.4 Å². The maximum atomic E-state index is 11.2. The fraction of sp³-hybridized carbons (Fsp3) is 0.300. The van der Waals surface area contributed by atoms with Gasteiger partial charge in [-0.15, -0.1) is 11.3 Å². The largest absolute Gasteiger partial charge is 0.480 e. The quantitative estimate of drug-likeness (QED) is 0.743. The van der Waals surface area contributed by atoms with Crippen LogP contribution < -0.4 is 5.32 Å². The zero-order valence-electron chi connectivity index (χ0n) is 8.96. The number of amides is 1. The molecule has 2 N–H and O–H groups in total. The van der Waals surface area contributed by atoms with E-state index < -0.39 is 18.1 Å². The van der Waals surface area contributed by atoms with Gasteiger partial charge in [0.15, 0.2) is 0 Å². The minimum absolute atomic E-state index is 0.0366. The van der Waals surface area contributed by atoms with Gasteiger partial charge in [-0.05, 0) is 0 Å². The van der Waals surface area contributed by atoms with Crippen molar-refractivity contribution < 1.29 is 19.4 Å². The molecule has 0 fully saturated rings. The van der Waals surface area contributed by atoms with Gasteiger partial charge in [0, 0.05) is 11.8 Å². The number of carbonyl (C=O) groups is 2. The molecule has 1 heterocycles. The molecule has 7 heteroatoms. The number of nitrogens with zero attached hydrogens (tertiary/aromatic N) is 1. The van der Waals surface area contributed by atoms with E-state index in [0.29, 0.717) is 5.69 Å². The minimum atomic E-state index is -1.13. The van der Waals surface area contributed by atoms with E-state index in [0.717, 1.165) is 0 Å². The molecule has 92 valence electrons. The highest BCUT2D eigenvalue weighted by Gasteiger charge is 2.21. The first kappa shape index (κ1) is 13.2. The van der Waals surface area contributed by atoms with Crippen LogP contribution in [0, 0.1) is 0 Å². The van der Waals surface area contributed by atoms with Crippen LogP contribution in [0.25, 0.3) is 0 Å². The molecule has 1 aromatic heterocycles. The van der Waals surface area contributed by atoms with E-state index in [1.807, 2.05) is 0 Å². The van der Waals surface area contributed by atoms with Crippen molar-refractivity contribution in [1.29, 1.82) is 0 Å². The molecule has 0 aliphatic carbocycles. The van der Waals surface area contributed by atoms with Crippen LogP contribution in [-0.2, 0) is 16.0 Å². The maximum Gasteiger partial charge on any atom is 0.408 e. The molecule has 6 nitrogen and oxygen atoms in total. The number of carbonyl (C=O) groups excluding carboxylic acids is 1. The molecule has 0 aromatic carbocycles. The summed E-state index contributed by atoms with van der Waals surface area (Å²) < 4.78 is 4.64. The van der Waals surface area contributed by atoms with Crippen LogP contribution in [0.15, 0.2) is 23.5 Å². The van der Waals surface area contributed by atoms with E-state index in [2.05, 4.69) is 21.6 Å². The number of ether oxygens (including phenoxy) is 1. The number of carboxylic acids is 1. The summed E-state index contributed by atoms with van der Waals surface area (Å²) >= 11 is 1.36. The molecular weight excluding hydrogens is 244 g/mol. The maximum absolute atomic E-state index is 11.2. The van der Waals surface area contributed by atoms with Crippen molar-refractivity contribution in [3.05, 3.63) is 29.2 Å². The number of aromatic nitrogens is 1. The Labute approximate surface area is 102 Å². The molecule has 1 unspecified atom stereocenters. The first-order valence-electron chi connectivity index (χ1n) is 4.77. The predicted octanol–water partition coefficient (Wildman–Crippen LogP) is 1.05. The van der Waals surface area contributed by atoms with E-state index in [9.17, 15) is 9.59 Å². The number of hydrogen-bond donors (Lipinski definition) is 2. The van der Waals surface area contributed by atoms with Gasteiger partial charge in [-0.1, -0.05) is 12.7 Å². The lowest BCUT2D eigenvalue weighted by Crippen LogP contribution is -2.42. The Hall–Kier alpha value is -1.89. The second kappa shape index (κ2) is 6.64. The molecule has 1 rings (SSSR count). The van der Waals surface area contributed by atoms with Crippen LogP contribution in [0.1, 0.15) is 5.69 Å². The monoisotopic (exact) mass is 256 g/mol. The average Bonchev–Trinajstić information content (AvgIpc) is 2.78. The standard InChI is InChI=1S/C10H12N2O4S/c1-2-3-16-10(15)12-8(9(13)14)4-7-5-17-6-11-7/h2,5-6,8H,1,3-4H2,(H,12,15)(H,13,14). The van der Waals surface area contributed by atoms with Gasteiger partial charge in [0.25, 0.3) is 0 Å². The molecule has 1 amide bonds. The van der Waals surface area contributed by atoms with Crippen LogP contribution >= 0.6 is 11.3 Å². The van der Waals surface area contributed by atoms with E-state index in [1.54, 1.807) is 10.9 Å². The molecule has 0 spiro atoms. The van der Waals surface area contributed by atoms with Gasteiger partial charge >= 0.3 is 12.1 Å². The molecule has 0 bridgehead atoms. The molecule has 0 aliphatic rings. The summed E-state index contributed by atoms with van der Waals surface area (Å²) in [5.74, 6) is -1.13. The minimum Gasteiger partial charge on any atom is -0.480 e. The second-order valence-corrected chi connectivity index (χ2v) is 3.82. The first-order valence-corrected chi connectivity index (χ1v) is 5.71. The summed E-state index contributed by atoms with van der Waals surface area (Å²) in [7, 11) is 0. The van der Waals surface area contributed by atoms with Crippen LogP contribution in [-0.4, -0.2) is 34.8 Å². The summed E-state index contributed by atoms with van der Waals surface area (Å²) in [6.07, 6.45) is 0.741. The van der Waals surface area contributed by atoms with Crippen molar-refractivity contribution in [2.45, 2.75) is 12.5 Å². The molecule has 0 radical (unpaired) electrons. The number of hydrogen-bond acceptors (Lipinski definition) is 5. The zero-order chi connectivity index (χ0) is 12.7. The molecule has 0 saturated heterocycles. The van der Waals surface area contributed by atoms with Crippen LogP contribution in [0.2, 0.25) is 0 Å². The van der Waals surface area contributed by atoms with Crippen molar-refractivity contribution in [1.82, 2.24) is 10.3 Å². The molecule has 0 saturated carbocycles. The third-order valence-electron chi connectivity index (χ3n) is 1.82. The topological polar surface area (TPSA) is 88.5 Å². The Balaban J connectivity index is 2.51. The number of thiazole rings is 1. The van der Waals surface area contributed by atoms with Gasteiger partial charge in [0.2, 0.25) is 0 Å². The van der Waals surface area contributed by atoms with Gasteiger partial charge in [-0.25, -0.2) is 14.6 Å². The van der Waals surface area contributed by atoms with Gasteiger partial charge in [0.05, 0.1) is 11.2 Å². The fourth-order valence-electron chi connectivity index (χ4n) is 1.07. The molecule has 1 aromatic rings.